The fraction of sp³-hybridized carbons (Fsp3) is 0.314. The molecule has 0 amide bonds. The Morgan fingerprint density at radius 3 is 0.781 bits per heavy atom. The molecule has 568 valence electrons. The van der Waals surface area contributed by atoms with Gasteiger partial charge in [-0.2, -0.15) is 21.0 Å². The highest BCUT2D eigenvalue weighted by atomic mass is 14.8. The predicted octanol–water partition coefficient (Wildman–Crippen LogP) is 25.1. The standard InChI is InChI=1S/C102H100N12/c1-95(2,3)59-33-53(34-60(41-59)96(4,5)6)83-71-25-29-75(107-71)87(57(49-103)50-104)76-30-26-72(108-76)85(55-37-63(99(13,14)15)43-64(38-55)100(16,17)18)81-47-69-70-48-82-86(56-39-65(101(19,20)21)44-66(40-56)102(22,23)24)74-28-32-78(110-74)88(58(51-105)52-106)77-31-27-73(109-77)84(54-35-61(97(7,8)9)42-62(36-54)98(10,11)12)80-46-68-67-45-79(83)111-91(67)89(93(69)113-81)90(92(68)112-80)94(70)114-82/h25-48,107,109,113-114H,1-24H3. The molecule has 2 aliphatic rings. The third-order valence-corrected chi connectivity index (χ3v) is 23.5. The first-order chi connectivity index (χ1) is 53.3. The molecular weight excluding hydrogens is 1390 g/mol. The number of aromatic amines is 4. The minimum atomic E-state index is -0.276. The van der Waals surface area contributed by atoms with Crippen LogP contribution in [0.2, 0.25) is 0 Å². The number of rotatable bonds is 4. The van der Waals surface area contributed by atoms with Gasteiger partial charge < -0.3 is 19.9 Å². The van der Waals surface area contributed by atoms with Gasteiger partial charge in [-0.3, -0.25) is 0 Å². The largest absolute Gasteiger partial charge is 0.354 e. The van der Waals surface area contributed by atoms with E-state index in [1.807, 2.05) is 36.4 Å². The number of nitrogens with zero attached hydrogens (tertiary/aromatic N) is 8. The molecule has 0 saturated carbocycles. The van der Waals surface area contributed by atoms with Gasteiger partial charge in [0.2, 0.25) is 0 Å². The Morgan fingerprint density at radius 2 is 0.518 bits per heavy atom. The van der Waals surface area contributed by atoms with Gasteiger partial charge in [-0.1, -0.05) is 239 Å². The number of nitriles is 4. The van der Waals surface area contributed by atoms with Gasteiger partial charge in [-0.15, -0.1) is 0 Å². The number of hydrogen-bond acceptors (Lipinski definition) is 8. The summed E-state index contributed by atoms with van der Waals surface area (Å²) in [5, 5.41) is 50.8. The lowest BCUT2D eigenvalue weighted by atomic mass is 9.78. The van der Waals surface area contributed by atoms with Crippen LogP contribution in [0.25, 0.3) is 178 Å². The fourth-order valence-corrected chi connectivity index (χ4v) is 16.7. The highest BCUT2D eigenvalue weighted by Gasteiger charge is 2.32. The molecule has 0 atom stereocenters. The minimum Gasteiger partial charge on any atom is -0.354 e. The van der Waals surface area contributed by atoms with Gasteiger partial charge in [0.25, 0.3) is 0 Å². The Labute approximate surface area is 668 Å². The van der Waals surface area contributed by atoms with E-state index in [1.54, 1.807) is 0 Å². The van der Waals surface area contributed by atoms with Gasteiger partial charge in [0, 0.05) is 76.6 Å². The summed E-state index contributed by atoms with van der Waals surface area (Å²) in [4.78, 5) is 40.0. The van der Waals surface area contributed by atoms with Crippen molar-refractivity contribution in [1.82, 2.24) is 39.9 Å². The summed E-state index contributed by atoms with van der Waals surface area (Å²) < 4.78 is 0. The smallest absolute Gasteiger partial charge is 0.141 e. The molecule has 14 aromatic rings. The van der Waals surface area contributed by atoms with Crippen LogP contribution < -0.4 is 10.4 Å². The summed E-state index contributed by atoms with van der Waals surface area (Å²) in [5.74, 6) is 0. The number of benzene rings is 6. The van der Waals surface area contributed by atoms with Gasteiger partial charge in [0.15, 0.2) is 0 Å². The average Bonchev–Trinajstić information content (AvgIpc) is 1.52. The molecule has 2 aliphatic heterocycles. The maximum absolute atomic E-state index is 11.2. The first kappa shape index (κ1) is 75.8. The van der Waals surface area contributed by atoms with Gasteiger partial charge in [0.05, 0.1) is 77.3 Å². The lowest BCUT2D eigenvalue weighted by Gasteiger charge is -2.26. The van der Waals surface area contributed by atoms with Crippen LogP contribution >= 0.6 is 0 Å². The monoisotopic (exact) mass is 1490 g/mol. The molecule has 6 aromatic carbocycles. The first-order valence-electron chi connectivity index (χ1n) is 39.8. The lowest BCUT2D eigenvalue weighted by molar-refractivity contribution is 0.568. The third-order valence-electron chi connectivity index (χ3n) is 23.5. The van der Waals surface area contributed by atoms with Crippen molar-refractivity contribution in [2.45, 2.75) is 209 Å². The van der Waals surface area contributed by atoms with Crippen molar-refractivity contribution in [3.8, 4) is 68.8 Å². The molecule has 4 N–H and O–H groups in total. The summed E-state index contributed by atoms with van der Waals surface area (Å²) in [6.07, 6.45) is 7.96. The van der Waals surface area contributed by atoms with Crippen LogP contribution in [0.15, 0.2) is 121 Å². The zero-order valence-corrected chi connectivity index (χ0v) is 70.4. The Kier molecular flexibility index (Phi) is 17.1. The van der Waals surface area contributed by atoms with Crippen molar-refractivity contribution in [1.29, 1.82) is 21.0 Å². The molecular formula is C102H100N12. The molecule has 8 aromatic heterocycles. The molecule has 12 nitrogen and oxygen atoms in total. The molecule has 0 radical (unpaired) electrons. The third kappa shape index (κ3) is 12.8. The zero-order valence-electron chi connectivity index (χ0n) is 70.4. The molecule has 0 unspecified atom stereocenters. The van der Waals surface area contributed by atoms with Crippen molar-refractivity contribution in [3.63, 3.8) is 0 Å². The zero-order chi connectivity index (χ0) is 81.7. The van der Waals surface area contributed by atoms with Crippen LogP contribution in [0.1, 0.15) is 233 Å². The van der Waals surface area contributed by atoms with Crippen LogP contribution in [0.4, 0.5) is 0 Å². The summed E-state index contributed by atoms with van der Waals surface area (Å²) >= 11 is 0. The predicted molar refractivity (Wildman–Crippen MR) is 477 cm³/mol. The number of hydrogen-bond donors (Lipinski definition) is 4. The second-order valence-electron chi connectivity index (χ2n) is 40.1. The summed E-state index contributed by atoms with van der Waals surface area (Å²) in [5.41, 5.74) is 24.8. The van der Waals surface area contributed by atoms with Gasteiger partial charge >= 0.3 is 0 Å². The number of fused-ring (bicyclic) bond motifs is 14. The molecule has 16 bridgehead atoms. The quantitative estimate of drug-likeness (QED) is 0.133. The highest BCUT2D eigenvalue weighted by Crippen LogP contribution is 2.51. The van der Waals surface area contributed by atoms with Crippen LogP contribution in [0.5, 0.6) is 0 Å². The SMILES string of the molecule is CC(C)(C)c1cc(-c2c3nc(c(=C(C#N)C#N)c4ccc([nH]4)c(-c4cc(C(C)(C)C)cc(C(C)(C)C)c4)c4cc5c6cc7nc6c6c8[nH]c(cc8c8cc2[nH]c8c6c5n4)c(-c2cc(C(C)(C)C)cc(C(C)(C)C)c2)c2nc(c(=C(C#N)C#N)c4ccc([nH]4)c7-c4cc(C(C)(C)C)cc(C(C)(C)C)c4)C=C2)C=C3)cc(C(C)(C)C)c1. The molecule has 16 rings (SSSR count). The number of aromatic nitrogens is 8. The van der Waals surface area contributed by atoms with Crippen LogP contribution in [-0.2, 0) is 43.3 Å². The van der Waals surface area contributed by atoms with Crippen molar-refractivity contribution in [2.75, 3.05) is 0 Å². The molecule has 0 saturated heterocycles. The van der Waals surface area contributed by atoms with Crippen molar-refractivity contribution < 1.29 is 0 Å². The van der Waals surface area contributed by atoms with Crippen molar-refractivity contribution >= 4 is 134 Å². The Bertz CT molecular complexity index is 6550. The lowest BCUT2D eigenvalue weighted by Crippen LogP contribution is -2.16. The summed E-state index contributed by atoms with van der Waals surface area (Å²) in [7, 11) is 0. The molecule has 114 heavy (non-hydrogen) atoms. The Hall–Kier alpha value is -12.2. The number of nitrogens with one attached hydrogen (secondary N) is 4. The second-order valence-corrected chi connectivity index (χ2v) is 40.1. The van der Waals surface area contributed by atoms with Crippen LogP contribution in [-0.4, -0.2) is 39.9 Å². The van der Waals surface area contributed by atoms with E-state index < -0.39 is 0 Å². The Morgan fingerprint density at radius 1 is 0.263 bits per heavy atom. The van der Waals surface area contributed by atoms with Crippen molar-refractivity contribution in [3.05, 3.63) is 199 Å². The van der Waals surface area contributed by atoms with Gasteiger partial charge in [-0.25, -0.2) is 19.9 Å². The fourth-order valence-electron chi connectivity index (χ4n) is 16.7. The van der Waals surface area contributed by atoms with E-state index in [0.29, 0.717) is 55.3 Å². The number of H-pyrrole nitrogens is 4. The molecule has 10 heterocycles. The average molecular weight is 1490 g/mol. The Balaban J connectivity index is 1.26. The molecule has 0 aliphatic carbocycles. The molecule has 0 spiro atoms. The van der Waals surface area contributed by atoms with E-state index in [-0.39, 0.29) is 54.5 Å². The summed E-state index contributed by atoms with van der Waals surface area (Å²) in [6.45, 7) is 54.2. The molecule has 12 heteroatoms. The summed E-state index contributed by atoms with van der Waals surface area (Å²) in [6, 6.07) is 54.2. The van der Waals surface area contributed by atoms with Crippen molar-refractivity contribution in [2.24, 2.45) is 0 Å². The highest BCUT2D eigenvalue weighted by molar-refractivity contribution is 6.39. The van der Waals surface area contributed by atoms with Crippen LogP contribution in [0.3, 0.4) is 0 Å². The minimum absolute atomic E-state index is 0.0817. The van der Waals surface area contributed by atoms with Crippen LogP contribution in [0, 0.1) is 45.3 Å². The molecule has 0 fully saturated rings. The van der Waals surface area contributed by atoms with E-state index in [4.69, 9.17) is 19.9 Å². The normalized spacial score (nSPS) is 13.3. The maximum atomic E-state index is 11.2. The maximum Gasteiger partial charge on any atom is 0.141 e. The van der Waals surface area contributed by atoms with E-state index >= 15 is 0 Å². The van der Waals surface area contributed by atoms with E-state index in [0.717, 1.165) is 165 Å². The first-order valence-corrected chi connectivity index (χ1v) is 39.8. The van der Waals surface area contributed by atoms with Gasteiger partial charge in [0.1, 0.15) is 35.4 Å². The van der Waals surface area contributed by atoms with E-state index in [1.165, 1.54) is 0 Å². The van der Waals surface area contributed by atoms with E-state index in [9.17, 15) is 21.0 Å². The van der Waals surface area contributed by atoms with Gasteiger partial charge in [-0.05, 0) is 183 Å². The second kappa shape index (κ2) is 25.7. The van der Waals surface area contributed by atoms with E-state index in [2.05, 4.69) is 320 Å². The topological polar surface area (TPSA) is 210 Å².